The summed E-state index contributed by atoms with van der Waals surface area (Å²) >= 11 is 0. The van der Waals surface area contributed by atoms with Crippen LogP contribution in [0.15, 0.2) is 0 Å². The first-order chi connectivity index (χ1) is 9.46. The SMILES string of the molecule is CCNC(=O)CN(CC)C(=O)CCC(CCN)C(C)C. The lowest BCUT2D eigenvalue weighted by Crippen LogP contribution is -2.40. The summed E-state index contributed by atoms with van der Waals surface area (Å²) in [4.78, 5) is 25.3. The maximum atomic E-state index is 12.2. The van der Waals surface area contributed by atoms with Crippen LogP contribution in [-0.4, -0.2) is 42.9 Å². The quantitative estimate of drug-likeness (QED) is 0.636. The van der Waals surface area contributed by atoms with Crippen molar-refractivity contribution in [1.29, 1.82) is 0 Å². The van der Waals surface area contributed by atoms with E-state index in [1.165, 1.54) is 0 Å². The molecule has 3 N–H and O–H groups in total. The summed E-state index contributed by atoms with van der Waals surface area (Å²) in [5, 5.41) is 2.72. The zero-order chi connectivity index (χ0) is 15.5. The van der Waals surface area contributed by atoms with Crippen LogP contribution in [0.4, 0.5) is 0 Å². The van der Waals surface area contributed by atoms with Crippen molar-refractivity contribution in [2.24, 2.45) is 17.6 Å². The van der Waals surface area contributed by atoms with E-state index in [4.69, 9.17) is 5.73 Å². The highest BCUT2D eigenvalue weighted by Crippen LogP contribution is 2.20. The molecule has 1 atom stereocenters. The summed E-state index contributed by atoms with van der Waals surface area (Å²) in [6, 6.07) is 0. The first kappa shape index (κ1) is 18.9. The van der Waals surface area contributed by atoms with E-state index in [1.807, 2.05) is 13.8 Å². The van der Waals surface area contributed by atoms with Crippen LogP contribution in [-0.2, 0) is 9.59 Å². The molecule has 0 aliphatic carbocycles. The lowest BCUT2D eigenvalue weighted by Gasteiger charge is -2.23. The Labute approximate surface area is 123 Å². The third kappa shape index (κ3) is 7.48. The minimum atomic E-state index is -0.0925. The zero-order valence-corrected chi connectivity index (χ0v) is 13.4. The van der Waals surface area contributed by atoms with Gasteiger partial charge in [0.25, 0.3) is 0 Å². The molecule has 0 radical (unpaired) electrons. The second-order valence-electron chi connectivity index (χ2n) is 5.48. The predicted molar refractivity (Wildman–Crippen MR) is 82.2 cm³/mol. The van der Waals surface area contributed by atoms with Crippen LogP contribution in [0.5, 0.6) is 0 Å². The first-order valence-electron chi connectivity index (χ1n) is 7.70. The average molecular weight is 285 g/mol. The Morgan fingerprint density at radius 3 is 2.30 bits per heavy atom. The summed E-state index contributed by atoms with van der Waals surface area (Å²) in [5.41, 5.74) is 5.61. The van der Waals surface area contributed by atoms with Crippen molar-refractivity contribution in [3.8, 4) is 0 Å². The highest BCUT2D eigenvalue weighted by molar-refractivity contribution is 5.84. The third-order valence-corrected chi connectivity index (χ3v) is 3.65. The van der Waals surface area contributed by atoms with Crippen molar-refractivity contribution in [3.63, 3.8) is 0 Å². The first-order valence-corrected chi connectivity index (χ1v) is 7.70. The van der Waals surface area contributed by atoms with Crippen molar-refractivity contribution in [2.45, 2.75) is 47.0 Å². The molecule has 5 heteroatoms. The molecule has 5 nitrogen and oxygen atoms in total. The van der Waals surface area contributed by atoms with Crippen LogP contribution in [0, 0.1) is 11.8 Å². The molecule has 0 aromatic rings. The van der Waals surface area contributed by atoms with Crippen molar-refractivity contribution in [2.75, 3.05) is 26.2 Å². The van der Waals surface area contributed by atoms with E-state index in [0.29, 0.717) is 37.9 Å². The molecule has 0 fully saturated rings. The fraction of sp³-hybridized carbons (Fsp3) is 0.867. The second-order valence-corrected chi connectivity index (χ2v) is 5.48. The molecule has 0 aliphatic rings. The molecule has 0 aromatic heterocycles. The maximum absolute atomic E-state index is 12.2. The number of carbonyl (C=O) groups excluding carboxylic acids is 2. The van der Waals surface area contributed by atoms with E-state index in [1.54, 1.807) is 4.90 Å². The van der Waals surface area contributed by atoms with Crippen molar-refractivity contribution in [3.05, 3.63) is 0 Å². The second kappa shape index (κ2) is 10.7. The summed E-state index contributed by atoms with van der Waals surface area (Å²) in [5.74, 6) is 0.975. The Bertz CT molecular complexity index is 293. The number of likely N-dealkylation sites (N-methyl/N-ethyl adjacent to an activating group) is 2. The molecule has 0 spiro atoms. The lowest BCUT2D eigenvalue weighted by molar-refractivity contribution is -0.136. The van der Waals surface area contributed by atoms with Gasteiger partial charge in [-0.25, -0.2) is 0 Å². The number of rotatable bonds is 10. The Morgan fingerprint density at radius 2 is 1.85 bits per heavy atom. The molecule has 0 aliphatic heterocycles. The van der Waals surface area contributed by atoms with Gasteiger partial charge < -0.3 is 16.0 Å². The van der Waals surface area contributed by atoms with Gasteiger partial charge >= 0.3 is 0 Å². The molecular formula is C15H31N3O2. The fourth-order valence-electron chi connectivity index (χ4n) is 2.29. The smallest absolute Gasteiger partial charge is 0.239 e. The minimum Gasteiger partial charge on any atom is -0.355 e. The molecule has 2 amide bonds. The van der Waals surface area contributed by atoms with Crippen LogP contribution in [0.1, 0.15) is 47.0 Å². The number of hydrogen-bond donors (Lipinski definition) is 2. The highest BCUT2D eigenvalue weighted by Gasteiger charge is 2.18. The van der Waals surface area contributed by atoms with Crippen molar-refractivity contribution < 1.29 is 9.59 Å². The Balaban J connectivity index is 4.29. The van der Waals surface area contributed by atoms with Gasteiger partial charge in [0.05, 0.1) is 6.54 Å². The number of nitrogens with two attached hydrogens (primary N) is 1. The summed E-state index contributed by atoms with van der Waals surface area (Å²) < 4.78 is 0. The predicted octanol–water partition coefficient (Wildman–Crippen LogP) is 1.37. The van der Waals surface area contributed by atoms with E-state index < -0.39 is 0 Å². The van der Waals surface area contributed by atoms with E-state index >= 15 is 0 Å². The highest BCUT2D eigenvalue weighted by atomic mass is 16.2. The van der Waals surface area contributed by atoms with Crippen LogP contribution in [0.25, 0.3) is 0 Å². The molecule has 0 aromatic carbocycles. The monoisotopic (exact) mass is 285 g/mol. The molecule has 0 heterocycles. The average Bonchev–Trinajstić information content (AvgIpc) is 2.40. The molecule has 0 bridgehead atoms. The fourth-order valence-corrected chi connectivity index (χ4v) is 2.29. The van der Waals surface area contributed by atoms with E-state index in [9.17, 15) is 9.59 Å². The third-order valence-electron chi connectivity index (χ3n) is 3.65. The van der Waals surface area contributed by atoms with Gasteiger partial charge in [0, 0.05) is 19.5 Å². The maximum Gasteiger partial charge on any atom is 0.239 e. The zero-order valence-electron chi connectivity index (χ0n) is 13.4. The van der Waals surface area contributed by atoms with Gasteiger partial charge in [-0.05, 0) is 45.1 Å². The van der Waals surface area contributed by atoms with E-state index in [-0.39, 0.29) is 18.4 Å². The van der Waals surface area contributed by atoms with Gasteiger partial charge in [-0.3, -0.25) is 9.59 Å². The molecule has 118 valence electrons. The van der Waals surface area contributed by atoms with Gasteiger partial charge in [-0.2, -0.15) is 0 Å². The van der Waals surface area contributed by atoms with Gasteiger partial charge in [-0.1, -0.05) is 13.8 Å². The normalized spacial score (nSPS) is 12.3. The van der Waals surface area contributed by atoms with Gasteiger partial charge in [0.2, 0.25) is 11.8 Å². The van der Waals surface area contributed by atoms with E-state index in [0.717, 1.165) is 12.8 Å². The van der Waals surface area contributed by atoms with Gasteiger partial charge in [0.1, 0.15) is 0 Å². The molecule has 0 saturated heterocycles. The van der Waals surface area contributed by atoms with Crippen molar-refractivity contribution >= 4 is 11.8 Å². The molecular weight excluding hydrogens is 254 g/mol. The minimum absolute atomic E-state index is 0.0569. The molecule has 1 unspecified atom stereocenters. The standard InChI is InChI=1S/C15H31N3O2/c1-5-17-14(19)11-18(6-2)15(20)8-7-13(9-10-16)12(3)4/h12-13H,5-11,16H2,1-4H3,(H,17,19). The van der Waals surface area contributed by atoms with Crippen LogP contribution >= 0.6 is 0 Å². The molecule has 0 rings (SSSR count). The van der Waals surface area contributed by atoms with Crippen molar-refractivity contribution in [1.82, 2.24) is 10.2 Å². The number of amides is 2. The molecule has 20 heavy (non-hydrogen) atoms. The van der Waals surface area contributed by atoms with Gasteiger partial charge in [0.15, 0.2) is 0 Å². The molecule has 0 saturated carbocycles. The summed E-state index contributed by atoms with van der Waals surface area (Å²) in [6.45, 7) is 10.1. The number of nitrogens with one attached hydrogen (secondary N) is 1. The number of nitrogens with zero attached hydrogens (tertiary/aromatic N) is 1. The van der Waals surface area contributed by atoms with Crippen LogP contribution < -0.4 is 11.1 Å². The van der Waals surface area contributed by atoms with Gasteiger partial charge in [-0.15, -0.1) is 0 Å². The summed E-state index contributed by atoms with van der Waals surface area (Å²) in [7, 11) is 0. The van der Waals surface area contributed by atoms with E-state index in [2.05, 4.69) is 19.2 Å². The Kier molecular flexibility index (Phi) is 10.1. The lowest BCUT2D eigenvalue weighted by atomic mass is 9.88. The summed E-state index contributed by atoms with van der Waals surface area (Å²) in [6.07, 6.45) is 2.29. The van der Waals surface area contributed by atoms with Crippen LogP contribution in [0.2, 0.25) is 0 Å². The topological polar surface area (TPSA) is 75.4 Å². The Hall–Kier alpha value is -1.10. The van der Waals surface area contributed by atoms with Crippen LogP contribution in [0.3, 0.4) is 0 Å². The largest absolute Gasteiger partial charge is 0.355 e. The Morgan fingerprint density at radius 1 is 1.20 bits per heavy atom. The number of carbonyl (C=O) groups is 2. The number of hydrogen-bond acceptors (Lipinski definition) is 3.